The molecule has 0 saturated carbocycles. The lowest BCUT2D eigenvalue weighted by atomic mass is 9.80. The number of amides is 1. The third-order valence-electron chi connectivity index (χ3n) is 4.65. The van der Waals surface area contributed by atoms with Crippen LogP contribution >= 0.6 is 0 Å². The van der Waals surface area contributed by atoms with Gasteiger partial charge in [-0.1, -0.05) is 18.2 Å². The Bertz CT molecular complexity index is 667. The van der Waals surface area contributed by atoms with Crippen molar-refractivity contribution in [2.24, 2.45) is 0 Å². The monoisotopic (exact) mass is 332 g/mol. The van der Waals surface area contributed by atoms with Crippen molar-refractivity contribution in [2.75, 3.05) is 25.5 Å². The Morgan fingerprint density at radius 2 is 2.00 bits per heavy atom. The van der Waals surface area contributed by atoms with Gasteiger partial charge in [0.1, 0.15) is 11.6 Å². The molecule has 0 aliphatic carbocycles. The van der Waals surface area contributed by atoms with Gasteiger partial charge in [-0.25, -0.2) is 9.59 Å². The third kappa shape index (κ3) is 2.81. The molecule has 6 heteroatoms. The maximum Gasteiger partial charge on any atom is 0.411 e. The molecule has 1 aromatic rings. The van der Waals surface area contributed by atoms with Gasteiger partial charge in [0.05, 0.1) is 7.11 Å². The number of esters is 1. The van der Waals surface area contributed by atoms with Crippen LogP contribution in [0.1, 0.15) is 32.8 Å². The predicted octanol–water partition coefficient (Wildman–Crippen LogP) is 2.53. The van der Waals surface area contributed by atoms with Crippen LogP contribution in [-0.2, 0) is 19.7 Å². The average Bonchev–Trinajstić information content (AvgIpc) is 3.08. The third-order valence-corrected chi connectivity index (χ3v) is 4.65. The van der Waals surface area contributed by atoms with Crippen LogP contribution in [0.5, 0.6) is 0 Å². The molecule has 1 N–H and O–H groups in total. The average molecular weight is 332 g/mol. The Kier molecular flexibility index (Phi) is 3.94. The maximum absolute atomic E-state index is 12.6. The fourth-order valence-electron chi connectivity index (χ4n) is 3.62. The highest BCUT2D eigenvalue weighted by Gasteiger charge is 2.53. The molecular formula is C18H24N2O4. The largest absolute Gasteiger partial charge is 0.467 e. The molecule has 1 fully saturated rings. The summed E-state index contributed by atoms with van der Waals surface area (Å²) in [6.45, 7) is 6.58. The molecule has 2 atom stereocenters. The molecule has 1 spiro atoms. The zero-order valence-electron chi connectivity index (χ0n) is 14.6. The van der Waals surface area contributed by atoms with Crippen molar-refractivity contribution in [3.63, 3.8) is 0 Å². The van der Waals surface area contributed by atoms with E-state index in [1.54, 1.807) is 0 Å². The number of fused-ring (bicyclic) bond motifs is 2. The van der Waals surface area contributed by atoms with Gasteiger partial charge in [-0.15, -0.1) is 0 Å². The molecule has 0 unspecified atom stereocenters. The van der Waals surface area contributed by atoms with Gasteiger partial charge in [-0.3, -0.25) is 4.90 Å². The molecule has 6 nitrogen and oxygen atoms in total. The van der Waals surface area contributed by atoms with Gasteiger partial charge in [-0.2, -0.15) is 0 Å². The summed E-state index contributed by atoms with van der Waals surface area (Å²) in [5.74, 6) is -0.401. The van der Waals surface area contributed by atoms with Crippen LogP contribution in [0, 0.1) is 0 Å². The molecule has 24 heavy (non-hydrogen) atoms. The number of ether oxygens (including phenoxy) is 2. The summed E-state index contributed by atoms with van der Waals surface area (Å²) in [7, 11) is 1.35. The lowest BCUT2D eigenvalue weighted by Crippen LogP contribution is -2.44. The van der Waals surface area contributed by atoms with Gasteiger partial charge < -0.3 is 14.8 Å². The number of benzene rings is 1. The second-order valence-corrected chi connectivity index (χ2v) is 7.53. The number of methoxy groups -OCH3 is 1. The van der Waals surface area contributed by atoms with Gasteiger partial charge in [0.15, 0.2) is 0 Å². The summed E-state index contributed by atoms with van der Waals surface area (Å²) < 4.78 is 10.4. The summed E-state index contributed by atoms with van der Waals surface area (Å²) >= 11 is 0. The number of rotatable bonds is 1. The minimum Gasteiger partial charge on any atom is -0.467 e. The highest BCUT2D eigenvalue weighted by atomic mass is 16.6. The smallest absolute Gasteiger partial charge is 0.411 e. The first kappa shape index (κ1) is 16.6. The van der Waals surface area contributed by atoms with Crippen LogP contribution < -0.4 is 5.32 Å². The Labute approximate surface area is 142 Å². The number of hydrogen-bond acceptors (Lipinski definition) is 5. The molecule has 130 valence electrons. The quantitative estimate of drug-likeness (QED) is 0.801. The van der Waals surface area contributed by atoms with E-state index in [0.717, 1.165) is 11.3 Å². The maximum atomic E-state index is 12.6. The highest BCUT2D eigenvalue weighted by molar-refractivity contribution is 5.83. The lowest BCUT2D eigenvalue weighted by molar-refractivity contribution is -0.145. The van der Waals surface area contributed by atoms with Crippen LogP contribution in [0.25, 0.3) is 0 Å². The second-order valence-electron chi connectivity index (χ2n) is 7.53. The molecule has 2 aliphatic rings. The molecular weight excluding hydrogens is 308 g/mol. The number of hydrogen-bond donors (Lipinski definition) is 1. The number of para-hydroxylation sites is 1. The Balaban J connectivity index is 1.92. The fraction of sp³-hybridized carbons (Fsp3) is 0.556. The van der Waals surface area contributed by atoms with E-state index in [2.05, 4.69) is 11.4 Å². The summed E-state index contributed by atoms with van der Waals surface area (Å²) in [6.07, 6.45) is 0.0577. The van der Waals surface area contributed by atoms with Crippen molar-refractivity contribution in [1.82, 2.24) is 4.90 Å². The summed E-state index contributed by atoms with van der Waals surface area (Å²) in [5.41, 5.74) is 1.31. The van der Waals surface area contributed by atoms with Crippen molar-refractivity contribution >= 4 is 17.7 Å². The number of anilines is 1. The molecule has 0 aromatic heterocycles. The van der Waals surface area contributed by atoms with Crippen LogP contribution in [-0.4, -0.2) is 48.8 Å². The van der Waals surface area contributed by atoms with Gasteiger partial charge in [-0.05, 0) is 38.8 Å². The van der Waals surface area contributed by atoms with E-state index in [9.17, 15) is 9.59 Å². The van der Waals surface area contributed by atoms with Crippen molar-refractivity contribution in [1.29, 1.82) is 0 Å². The van der Waals surface area contributed by atoms with Gasteiger partial charge in [0.25, 0.3) is 0 Å². The standard InChI is InChI=1S/C18H24N2O4/c1-17(2,3)24-16(22)20-11-18(9-14(20)15(21)23-4)10-19-13-8-6-5-7-12(13)18/h5-8,14,19H,9-11H2,1-4H3/t14-,18-/m0/s1. The zero-order chi connectivity index (χ0) is 17.5. The van der Waals surface area contributed by atoms with E-state index >= 15 is 0 Å². The van der Waals surface area contributed by atoms with Crippen LogP contribution in [0.2, 0.25) is 0 Å². The first-order valence-electron chi connectivity index (χ1n) is 8.17. The molecule has 3 rings (SSSR count). The molecule has 2 aliphatic heterocycles. The van der Waals surface area contributed by atoms with E-state index in [-0.39, 0.29) is 5.41 Å². The summed E-state index contributed by atoms with van der Waals surface area (Å²) in [5, 5.41) is 3.39. The van der Waals surface area contributed by atoms with E-state index in [4.69, 9.17) is 9.47 Å². The van der Waals surface area contributed by atoms with Gasteiger partial charge >= 0.3 is 12.1 Å². The number of carbonyl (C=O) groups is 2. The van der Waals surface area contributed by atoms with Crippen LogP contribution in [0.15, 0.2) is 24.3 Å². The number of likely N-dealkylation sites (tertiary alicyclic amines) is 1. The number of carbonyl (C=O) groups excluding carboxylic acids is 2. The van der Waals surface area contributed by atoms with Gasteiger partial charge in [0.2, 0.25) is 0 Å². The predicted molar refractivity (Wildman–Crippen MR) is 90.0 cm³/mol. The molecule has 1 amide bonds. The first-order chi connectivity index (χ1) is 11.3. The summed E-state index contributed by atoms with van der Waals surface area (Å²) in [6, 6.07) is 7.41. The minimum absolute atomic E-state index is 0.285. The molecule has 1 aromatic carbocycles. The Morgan fingerprint density at radius 3 is 2.67 bits per heavy atom. The number of nitrogens with zero attached hydrogens (tertiary/aromatic N) is 1. The minimum atomic E-state index is -0.627. The highest BCUT2D eigenvalue weighted by Crippen LogP contribution is 2.45. The van der Waals surface area contributed by atoms with E-state index in [1.807, 2.05) is 39.0 Å². The number of nitrogens with one attached hydrogen (secondary N) is 1. The zero-order valence-corrected chi connectivity index (χ0v) is 14.6. The molecule has 0 bridgehead atoms. The van der Waals surface area contributed by atoms with E-state index in [1.165, 1.54) is 12.0 Å². The SMILES string of the molecule is COC(=O)[C@@H]1C[C@]2(CNc3ccccc32)CN1C(=O)OC(C)(C)C. The normalized spacial score (nSPS) is 25.3. The van der Waals surface area contributed by atoms with Crippen molar-refractivity contribution in [2.45, 2.75) is 44.2 Å². The van der Waals surface area contributed by atoms with E-state index < -0.39 is 23.7 Å². The Hall–Kier alpha value is -2.24. The Morgan fingerprint density at radius 1 is 1.29 bits per heavy atom. The van der Waals surface area contributed by atoms with Crippen LogP contribution in [0.4, 0.5) is 10.5 Å². The fourth-order valence-corrected chi connectivity index (χ4v) is 3.62. The molecule has 1 saturated heterocycles. The topological polar surface area (TPSA) is 67.9 Å². The van der Waals surface area contributed by atoms with Crippen molar-refractivity contribution < 1.29 is 19.1 Å². The van der Waals surface area contributed by atoms with Crippen LogP contribution in [0.3, 0.4) is 0 Å². The van der Waals surface area contributed by atoms with Gasteiger partial charge in [0, 0.05) is 24.2 Å². The summed E-state index contributed by atoms with van der Waals surface area (Å²) in [4.78, 5) is 26.4. The lowest BCUT2D eigenvalue weighted by Gasteiger charge is -2.28. The van der Waals surface area contributed by atoms with E-state index in [0.29, 0.717) is 19.5 Å². The second kappa shape index (κ2) is 5.69. The molecule has 0 radical (unpaired) electrons. The van der Waals surface area contributed by atoms with Crippen molar-refractivity contribution in [3.8, 4) is 0 Å². The van der Waals surface area contributed by atoms with Crippen molar-refractivity contribution in [3.05, 3.63) is 29.8 Å². The molecule has 2 heterocycles. The first-order valence-corrected chi connectivity index (χ1v) is 8.17.